The van der Waals surface area contributed by atoms with Gasteiger partial charge in [-0.3, -0.25) is 9.59 Å². The molecule has 0 aromatic carbocycles. The lowest BCUT2D eigenvalue weighted by molar-refractivity contribution is -0.126. The molecule has 0 aromatic rings. The van der Waals surface area contributed by atoms with Gasteiger partial charge in [0.1, 0.15) is 0 Å². The average molecular weight is 133 g/mol. The fourth-order valence-electron chi connectivity index (χ4n) is 0. The summed E-state index contributed by atoms with van der Waals surface area (Å²) in [4.78, 5) is 20.0. The quantitative estimate of drug-likeness (QED) is 0.465. The molecule has 0 fully saturated rings. The van der Waals surface area contributed by atoms with Gasteiger partial charge in [-0.25, -0.2) is 0 Å². The van der Waals surface area contributed by atoms with Gasteiger partial charge in [0, 0.05) is 21.0 Å². The smallest absolute Gasteiger partial charge is 0.290 e. The lowest BCUT2D eigenvalue weighted by atomic mass is 10.7. The van der Waals surface area contributed by atoms with E-state index in [-0.39, 0.29) is 12.4 Å². The van der Waals surface area contributed by atoms with Crippen molar-refractivity contribution in [1.29, 1.82) is 0 Å². The number of hydrogen-bond acceptors (Lipinski definition) is 2. The molecule has 0 aliphatic carbocycles. The summed E-state index contributed by atoms with van der Waals surface area (Å²) in [5.41, 5.74) is 0. The minimum absolute atomic E-state index is 0.0926. The molecule has 1 N–H and O–H groups in total. The van der Waals surface area contributed by atoms with Crippen LogP contribution >= 0.6 is 0 Å². The van der Waals surface area contributed by atoms with Crippen molar-refractivity contribution in [2.45, 2.75) is 6.92 Å². The Bertz CT molecular complexity index is 90.2. The Morgan fingerprint density at radius 2 is 1.67 bits per heavy atom. The van der Waals surface area contributed by atoms with E-state index in [2.05, 4.69) is 0 Å². The molecule has 0 unspecified atom stereocenters. The third-order valence-electron chi connectivity index (χ3n) is 0.630. The van der Waals surface area contributed by atoms with Gasteiger partial charge in [0.15, 0.2) is 0 Å². The van der Waals surface area contributed by atoms with Crippen LogP contribution in [-0.2, 0) is 9.59 Å². The molecule has 0 rings (SSSR count). The highest BCUT2D eigenvalue weighted by Gasteiger charge is 1.87. The average Bonchev–Trinajstić information content (AvgIpc) is 1.68. The van der Waals surface area contributed by atoms with Crippen molar-refractivity contribution in [3.63, 3.8) is 0 Å². The first-order chi connectivity index (χ1) is 4.06. The van der Waals surface area contributed by atoms with Crippen molar-refractivity contribution in [2.75, 3.05) is 14.1 Å². The van der Waals surface area contributed by atoms with E-state index < -0.39 is 0 Å². The second-order valence-corrected chi connectivity index (χ2v) is 1.52. The molecule has 0 saturated carbocycles. The van der Waals surface area contributed by atoms with E-state index in [0.29, 0.717) is 0 Å². The zero-order valence-electron chi connectivity index (χ0n) is 5.79. The summed E-state index contributed by atoms with van der Waals surface area (Å²) in [7, 11) is 3.45. The van der Waals surface area contributed by atoms with Gasteiger partial charge in [-0.05, 0) is 0 Å². The zero-order valence-corrected chi connectivity index (χ0v) is 5.79. The van der Waals surface area contributed by atoms with Crippen molar-refractivity contribution in [3.05, 3.63) is 0 Å². The molecular formula is C5H11NO3. The van der Waals surface area contributed by atoms with Crippen LogP contribution in [0.1, 0.15) is 6.92 Å². The summed E-state index contributed by atoms with van der Waals surface area (Å²) in [5.74, 6) is 0.0926. The Hall–Kier alpha value is -1.06. The molecule has 4 nitrogen and oxygen atoms in total. The Balaban J connectivity index is 0. The fourth-order valence-corrected chi connectivity index (χ4v) is 0. The van der Waals surface area contributed by atoms with E-state index in [1.807, 2.05) is 0 Å². The van der Waals surface area contributed by atoms with E-state index in [9.17, 15) is 4.79 Å². The summed E-state index contributed by atoms with van der Waals surface area (Å²) >= 11 is 0. The van der Waals surface area contributed by atoms with Crippen molar-refractivity contribution in [2.24, 2.45) is 0 Å². The van der Waals surface area contributed by atoms with Crippen LogP contribution < -0.4 is 0 Å². The van der Waals surface area contributed by atoms with Crippen LogP contribution in [0.3, 0.4) is 0 Å². The Kier molecular flexibility index (Phi) is 8.36. The van der Waals surface area contributed by atoms with Gasteiger partial charge in [0.05, 0.1) is 0 Å². The number of rotatable bonds is 0. The summed E-state index contributed by atoms with van der Waals surface area (Å²) < 4.78 is 0. The van der Waals surface area contributed by atoms with Crippen molar-refractivity contribution >= 4 is 12.4 Å². The standard InChI is InChI=1S/C4H9NO.CH2O2/c1-4(6)5(2)3;2-1-3/h1-3H3;1H,(H,2,3). The van der Waals surface area contributed by atoms with Crippen LogP contribution in [0, 0.1) is 0 Å². The number of nitrogens with zero attached hydrogens (tertiary/aromatic N) is 1. The second-order valence-electron chi connectivity index (χ2n) is 1.52. The fraction of sp³-hybridized carbons (Fsp3) is 0.600. The van der Waals surface area contributed by atoms with Gasteiger partial charge >= 0.3 is 0 Å². The highest BCUT2D eigenvalue weighted by atomic mass is 16.3. The lowest BCUT2D eigenvalue weighted by Crippen LogP contribution is -2.17. The number of carbonyl (C=O) groups excluding carboxylic acids is 1. The van der Waals surface area contributed by atoms with Crippen LogP contribution in [0.15, 0.2) is 0 Å². The summed E-state index contributed by atoms with van der Waals surface area (Å²) in [6.07, 6.45) is 0. The lowest BCUT2D eigenvalue weighted by Gasteiger charge is -2.02. The van der Waals surface area contributed by atoms with Gasteiger partial charge < -0.3 is 10.0 Å². The first-order valence-electron chi connectivity index (χ1n) is 2.32. The predicted octanol–water partition coefficient (Wildman–Crippen LogP) is -0.205. The number of carboxylic acid groups (broad SMARTS) is 1. The molecule has 9 heavy (non-hydrogen) atoms. The van der Waals surface area contributed by atoms with Crippen LogP contribution in [0.4, 0.5) is 0 Å². The minimum Gasteiger partial charge on any atom is -0.483 e. The van der Waals surface area contributed by atoms with Gasteiger partial charge in [-0.15, -0.1) is 0 Å². The van der Waals surface area contributed by atoms with Crippen LogP contribution in [0.5, 0.6) is 0 Å². The van der Waals surface area contributed by atoms with Crippen molar-refractivity contribution in [1.82, 2.24) is 4.90 Å². The molecule has 0 radical (unpaired) electrons. The van der Waals surface area contributed by atoms with E-state index in [0.717, 1.165) is 0 Å². The largest absolute Gasteiger partial charge is 0.483 e. The van der Waals surface area contributed by atoms with E-state index in [1.165, 1.54) is 11.8 Å². The van der Waals surface area contributed by atoms with E-state index in [4.69, 9.17) is 9.90 Å². The second kappa shape index (κ2) is 6.94. The summed E-state index contributed by atoms with van der Waals surface area (Å²) in [6, 6.07) is 0. The molecular weight excluding hydrogens is 122 g/mol. The Labute approximate surface area is 54.1 Å². The first-order valence-corrected chi connectivity index (χ1v) is 2.32. The monoisotopic (exact) mass is 133 g/mol. The Morgan fingerprint density at radius 1 is 1.56 bits per heavy atom. The maximum atomic E-state index is 10.1. The summed E-state index contributed by atoms with van der Waals surface area (Å²) in [5, 5.41) is 6.89. The number of hydrogen-bond donors (Lipinski definition) is 1. The molecule has 0 aliphatic heterocycles. The summed E-state index contributed by atoms with van der Waals surface area (Å²) in [6.45, 7) is 1.28. The molecule has 0 heterocycles. The molecule has 0 bridgehead atoms. The molecule has 54 valence electrons. The normalized spacial score (nSPS) is 6.56. The third kappa shape index (κ3) is 19.6. The van der Waals surface area contributed by atoms with E-state index in [1.54, 1.807) is 14.1 Å². The highest BCUT2D eigenvalue weighted by Crippen LogP contribution is 1.69. The van der Waals surface area contributed by atoms with Crippen LogP contribution in [0.2, 0.25) is 0 Å². The molecule has 0 aliphatic rings. The molecule has 1 amide bonds. The van der Waals surface area contributed by atoms with Gasteiger partial charge in [0.2, 0.25) is 5.91 Å². The predicted molar refractivity (Wildman–Crippen MR) is 33.1 cm³/mol. The first kappa shape index (κ1) is 10.8. The molecule has 0 saturated heterocycles. The number of carbonyl (C=O) groups is 2. The van der Waals surface area contributed by atoms with Gasteiger partial charge in [-0.2, -0.15) is 0 Å². The molecule has 0 spiro atoms. The number of amides is 1. The zero-order chi connectivity index (χ0) is 7.86. The molecule has 0 atom stereocenters. The maximum absolute atomic E-state index is 10.1. The highest BCUT2D eigenvalue weighted by molar-refractivity contribution is 5.72. The maximum Gasteiger partial charge on any atom is 0.290 e. The Morgan fingerprint density at radius 3 is 1.67 bits per heavy atom. The SMILES string of the molecule is CC(=O)N(C)C.O=CO. The van der Waals surface area contributed by atoms with E-state index >= 15 is 0 Å². The molecule has 0 aromatic heterocycles. The molecule has 4 heteroatoms. The van der Waals surface area contributed by atoms with Crippen molar-refractivity contribution < 1.29 is 14.7 Å². The van der Waals surface area contributed by atoms with Gasteiger partial charge in [0.25, 0.3) is 6.47 Å². The third-order valence-corrected chi connectivity index (χ3v) is 0.630. The van der Waals surface area contributed by atoms with Gasteiger partial charge in [-0.1, -0.05) is 0 Å². The topological polar surface area (TPSA) is 57.6 Å². The van der Waals surface area contributed by atoms with Crippen LogP contribution in [0.25, 0.3) is 0 Å². The minimum atomic E-state index is -0.250. The van der Waals surface area contributed by atoms with Crippen LogP contribution in [-0.4, -0.2) is 36.5 Å². The van der Waals surface area contributed by atoms with Crippen molar-refractivity contribution in [3.8, 4) is 0 Å².